The monoisotopic (exact) mass is 384 g/mol. The third-order valence-corrected chi connectivity index (χ3v) is 5.37. The van der Waals surface area contributed by atoms with Crippen LogP contribution in [-0.2, 0) is 10.0 Å². The zero-order chi connectivity index (χ0) is 19.4. The molecule has 0 amide bonds. The lowest BCUT2D eigenvalue weighted by Crippen LogP contribution is -2.23. The van der Waals surface area contributed by atoms with Gasteiger partial charge in [-0.1, -0.05) is 45.4 Å². The first-order valence-electron chi connectivity index (χ1n) is 9.19. The van der Waals surface area contributed by atoms with Crippen LogP contribution >= 0.6 is 0 Å². The summed E-state index contributed by atoms with van der Waals surface area (Å²) in [5, 5.41) is 4.02. The van der Waals surface area contributed by atoms with Crippen molar-refractivity contribution >= 4 is 15.7 Å². The van der Waals surface area contributed by atoms with E-state index in [4.69, 9.17) is 9.47 Å². The Bertz CT molecular complexity index is 672. The molecule has 0 fully saturated rings. The molecule has 0 aliphatic rings. The number of ether oxygens (including phenoxy) is 2. The number of nitrogens with one attached hydrogen (secondary N) is 1. The molecule has 0 saturated carbocycles. The maximum Gasteiger partial charge on any atom is 0.247 e. The molecular weight excluding hydrogens is 352 g/mol. The highest BCUT2D eigenvalue weighted by atomic mass is 32.2. The summed E-state index contributed by atoms with van der Waals surface area (Å²) in [4.78, 5) is 2.32. The second-order valence-corrected chi connectivity index (χ2v) is 8.12. The summed E-state index contributed by atoms with van der Waals surface area (Å²) < 4.78 is 34.6. The van der Waals surface area contributed by atoms with Crippen LogP contribution in [0.15, 0.2) is 23.3 Å². The lowest BCUT2D eigenvalue weighted by molar-refractivity contribution is 0.355. The molecule has 0 bridgehead atoms. The second-order valence-electron chi connectivity index (χ2n) is 6.30. The number of nitrogens with zero attached hydrogens (tertiary/aromatic N) is 1. The van der Waals surface area contributed by atoms with Gasteiger partial charge >= 0.3 is 0 Å². The van der Waals surface area contributed by atoms with E-state index in [1.807, 2.05) is 6.07 Å². The highest BCUT2D eigenvalue weighted by molar-refractivity contribution is 7.89. The van der Waals surface area contributed by atoms with Crippen molar-refractivity contribution in [3.8, 4) is 11.5 Å². The van der Waals surface area contributed by atoms with Crippen LogP contribution in [0.25, 0.3) is 0 Å². The standard InChI is InChI=1S/C19H32N2O4S/c1-5-6-7-8-9-10-11-14-26(22,23)21-20-16(2)17-12-13-18(24-3)19(15-17)25-4/h12-13,15,21H,5-11,14H2,1-4H3. The highest BCUT2D eigenvalue weighted by Crippen LogP contribution is 2.27. The fourth-order valence-corrected chi connectivity index (χ4v) is 3.51. The molecule has 0 aliphatic carbocycles. The third-order valence-electron chi connectivity index (χ3n) is 4.17. The molecule has 1 aromatic rings. The van der Waals surface area contributed by atoms with Crippen LogP contribution < -0.4 is 14.3 Å². The van der Waals surface area contributed by atoms with Crippen molar-refractivity contribution in [2.45, 2.75) is 58.8 Å². The molecule has 6 nitrogen and oxygen atoms in total. The molecule has 26 heavy (non-hydrogen) atoms. The summed E-state index contributed by atoms with van der Waals surface area (Å²) in [5.41, 5.74) is 1.33. The van der Waals surface area contributed by atoms with E-state index >= 15 is 0 Å². The Morgan fingerprint density at radius 2 is 1.62 bits per heavy atom. The van der Waals surface area contributed by atoms with E-state index < -0.39 is 10.0 Å². The van der Waals surface area contributed by atoms with Gasteiger partial charge in [0, 0.05) is 5.56 Å². The minimum absolute atomic E-state index is 0.101. The molecule has 0 heterocycles. The molecule has 1 rings (SSSR count). The van der Waals surface area contributed by atoms with E-state index in [1.165, 1.54) is 25.7 Å². The van der Waals surface area contributed by atoms with Crippen molar-refractivity contribution in [2.24, 2.45) is 5.10 Å². The van der Waals surface area contributed by atoms with Gasteiger partial charge in [-0.05, 0) is 31.5 Å². The Kier molecular flexibility index (Phi) is 10.1. The predicted octanol–water partition coefficient (Wildman–Crippen LogP) is 4.10. The zero-order valence-electron chi connectivity index (χ0n) is 16.4. The van der Waals surface area contributed by atoms with Crippen LogP contribution in [0.3, 0.4) is 0 Å². The summed E-state index contributed by atoms with van der Waals surface area (Å²) >= 11 is 0. The van der Waals surface area contributed by atoms with Crippen molar-refractivity contribution in [3.63, 3.8) is 0 Å². The van der Waals surface area contributed by atoms with E-state index in [-0.39, 0.29) is 5.75 Å². The number of sulfonamides is 1. The van der Waals surface area contributed by atoms with Gasteiger partial charge in [0.15, 0.2) is 11.5 Å². The number of unbranched alkanes of at least 4 members (excludes halogenated alkanes) is 6. The summed E-state index contributed by atoms with van der Waals surface area (Å²) in [6, 6.07) is 5.34. The number of rotatable bonds is 13. The molecule has 148 valence electrons. The van der Waals surface area contributed by atoms with Gasteiger partial charge in [-0.2, -0.15) is 5.10 Å². The smallest absolute Gasteiger partial charge is 0.247 e. The van der Waals surface area contributed by atoms with Crippen molar-refractivity contribution < 1.29 is 17.9 Å². The van der Waals surface area contributed by atoms with E-state index in [0.29, 0.717) is 23.6 Å². The van der Waals surface area contributed by atoms with Gasteiger partial charge in [0.2, 0.25) is 10.0 Å². The topological polar surface area (TPSA) is 77.0 Å². The first kappa shape index (κ1) is 22.3. The van der Waals surface area contributed by atoms with E-state index in [2.05, 4.69) is 16.9 Å². The van der Waals surface area contributed by atoms with Gasteiger partial charge in [0.05, 0.1) is 25.7 Å². The number of methoxy groups -OCH3 is 2. The van der Waals surface area contributed by atoms with Crippen LogP contribution in [0.5, 0.6) is 11.5 Å². The van der Waals surface area contributed by atoms with Crippen LogP contribution in [0.2, 0.25) is 0 Å². The van der Waals surface area contributed by atoms with Crippen LogP contribution in [0.4, 0.5) is 0 Å². The lowest BCUT2D eigenvalue weighted by atomic mass is 10.1. The average molecular weight is 385 g/mol. The van der Waals surface area contributed by atoms with E-state index in [0.717, 1.165) is 18.4 Å². The van der Waals surface area contributed by atoms with Gasteiger partial charge < -0.3 is 9.47 Å². The summed E-state index contributed by atoms with van der Waals surface area (Å²) in [7, 11) is -0.283. The molecule has 0 atom stereocenters. The second kappa shape index (κ2) is 11.8. The first-order chi connectivity index (χ1) is 12.4. The summed E-state index contributed by atoms with van der Waals surface area (Å²) in [6.07, 6.45) is 7.56. The van der Waals surface area contributed by atoms with Crippen molar-refractivity contribution in [3.05, 3.63) is 23.8 Å². The van der Waals surface area contributed by atoms with Gasteiger partial charge in [-0.15, -0.1) is 0 Å². The molecule has 0 aromatic heterocycles. The first-order valence-corrected chi connectivity index (χ1v) is 10.8. The lowest BCUT2D eigenvalue weighted by Gasteiger charge is -2.10. The predicted molar refractivity (Wildman–Crippen MR) is 107 cm³/mol. The Balaban J connectivity index is 2.51. The molecule has 7 heteroatoms. The fraction of sp³-hybridized carbons (Fsp3) is 0.632. The molecule has 1 N–H and O–H groups in total. The SMILES string of the molecule is CCCCCCCCCS(=O)(=O)NN=C(C)c1ccc(OC)c(OC)c1. The molecular formula is C19H32N2O4S. The minimum atomic E-state index is -3.40. The van der Waals surface area contributed by atoms with Crippen LogP contribution in [0, 0.1) is 0 Å². The van der Waals surface area contributed by atoms with Crippen LogP contribution in [-0.4, -0.2) is 34.1 Å². The van der Waals surface area contributed by atoms with Crippen molar-refractivity contribution in [1.82, 2.24) is 4.83 Å². The normalized spacial score (nSPS) is 12.1. The van der Waals surface area contributed by atoms with Crippen LogP contribution in [0.1, 0.15) is 64.4 Å². The molecule has 0 radical (unpaired) electrons. The Labute approximate surface area is 158 Å². The largest absolute Gasteiger partial charge is 0.493 e. The average Bonchev–Trinajstić information content (AvgIpc) is 2.64. The summed E-state index contributed by atoms with van der Waals surface area (Å²) in [6.45, 7) is 3.93. The molecule has 0 aliphatic heterocycles. The van der Waals surface area contributed by atoms with E-state index in [1.54, 1.807) is 33.3 Å². The van der Waals surface area contributed by atoms with Crippen molar-refractivity contribution in [2.75, 3.05) is 20.0 Å². The maximum atomic E-state index is 12.1. The van der Waals surface area contributed by atoms with Gasteiger partial charge in [-0.25, -0.2) is 13.2 Å². The maximum absolute atomic E-state index is 12.1. The van der Waals surface area contributed by atoms with Gasteiger partial charge in [-0.3, -0.25) is 0 Å². The number of hydrogen-bond acceptors (Lipinski definition) is 5. The quantitative estimate of drug-likeness (QED) is 0.316. The van der Waals surface area contributed by atoms with Crippen molar-refractivity contribution in [1.29, 1.82) is 0 Å². The summed E-state index contributed by atoms with van der Waals surface area (Å²) in [5.74, 6) is 1.29. The molecule has 0 spiro atoms. The number of hydrazone groups is 1. The fourth-order valence-electron chi connectivity index (χ4n) is 2.56. The Hall–Kier alpha value is -1.76. The Morgan fingerprint density at radius 3 is 2.23 bits per heavy atom. The van der Waals surface area contributed by atoms with Gasteiger partial charge in [0.1, 0.15) is 0 Å². The highest BCUT2D eigenvalue weighted by Gasteiger charge is 2.10. The minimum Gasteiger partial charge on any atom is -0.493 e. The zero-order valence-corrected chi connectivity index (χ0v) is 17.2. The third kappa shape index (κ3) is 8.08. The molecule has 1 aromatic carbocycles. The number of benzene rings is 1. The number of hydrogen-bond donors (Lipinski definition) is 1. The Morgan fingerprint density at radius 1 is 1.00 bits per heavy atom. The molecule has 0 unspecified atom stereocenters. The molecule has 0 saturated heterocycles. The van der Waals surface area contributed by atoms with E-state index in [9.17, 15) is 8.42 Å². The van der Waals surface area contributed by atoms with Gasteiger partial charge in [0.25, 0.3) is 0 Å².